The predicted octanol–water partition coefficient (Wildman–Crippen LogP) is 3.25. The normalized spacial score (nSPS) is 9.60. The van der Waals surface area contributed by atoms with Gasteiger partial charge in [-0.05, 0) is 29.0 Å². The number of nitrogens with one attached hydrogen (secondary N) is 1. The average molecular weight is 290 g/mol. The molecule has 9 nitrogen and oxygen atoms in total. The van der Waals surface area contributed by atoms with Crippen LogP contribution in [0.1, 0.15) is 10.4 Å². The zero-order chi connectivity index (χ0) is 14.5. The predicted molar refractivity (Wildman–Crippen MR) is 72.0 cm³/mol. The van der Waals surface area contributed by atoms with Crippen LogP contribution in [0.25, 0.3) is 10.4 Å². The number of carbonyl (C=O) groups excluding carboxylic acids is 1. The second-order valence-electron chi connectivity index (χ2n) is 3.45. The summed E-state index contributed by atoms with van der Waals surface area (Å²) in [6, 6.07) is 5.92. The maximum absolute atomic E-state index is 11.8. The van der Waals surface area contributed by atoms with E-state index in [2.05, 4.69) is 20.3 Å². The number of benzene rings is 1. The highest BCUT2D eigenvalue weighted by atomic mass is 32.1. The number of hydrogen-bond donors (Lipinski definition) is 1. The van der Waals surface area contributed by atoms with Crippen molar-refractivity contribution in [1.82, 2.24) is 4.98 Å². The molecule has 1 N–H and O–H groups in total. The van der Waals surface area contributed by atoms with Crippen LogP contribution in [0.15, 0.2) is 35.6 Å². The molecule has 0 fully saturated rings. The first-order valence-corrected chi connectivity index (χ1v) is 5.98. The van der Waals surface area contributed by atoms with Gasteiger partial charge in [0.2, 0.25) is 0 Å². The Morgan fingerprint density at radius 2 is 2.15 bits per heavy atom. The van der Waals surface area contributed by atoms with Gasteiger partial charge in [-0.15, -0.1) is 0 Å². The summed E-state index contributed by atoms with van der Waals surface area (Å²) in [6.07, 6.45) is 1.07. The molecule has 0 radical (unpaired) electrons. The van der Waals surface area contributed by atoms with Gasteiger partial charge in [0.25, 0.3) is 5.91 Å². The molecule has 2 aromatic rings. The molecule has 1 aromatic carbocycles. The summed E-state index contributed by atoms with van der Waals surface area (Å²) in [4.78, 5) is 28.1. The molecular weight excluding hydrogens is 284 g/mol. The fourth-order valence-electron chi connectivity index (χ4n) is 1.31. The van der Waals surface area contributed by atoms with E-state index in [0.29, 0.717) is 11.3 Å². The smallest absolute Gasteiger partial charge is 0.298 e. The monoisotopic (exact) mass is 290 g/mol. The Balaban J connectivity index is 2.10. The fourth-order valence-corrected chi connectivity index (χ4v) is 1.94. The van der Waals surface area contributed by atoms with Gasteiger partial charge in [0.15, 0.2) is 5.13 Å². The van der Waals surface area contributed by atoms with Crippen molar-refractivity contribution in [3.8, 4) is 0 Å². The standard InChI is InChI=1S/C10H6N6O3S/c11-15-14-7-3-1-6(2-4-7)9(17)13-10-12-5-8(20-10)16(18)19/h1-5H,(H,12,13,17). The van der Waals surface area contributed by atoms with Gasteiger partial charge in [0.05, 0.1) is 4.92 Å². The third-order valence-electron chi connectivity index (χ3n) is 2.18. The molecule has 20 heavy (non-hydrogen) atoms. The van der Waals surface area contributed by atoms with Crippen LogP contribution in [0.3, 0.4) is 0 Å². The van der Waals surface area contributed by atoms with Gasteiger partial charge in [0, 0.05) is 16.2 Å². The molecule has 0 unspecified atom stereocenters. The first-order valence-electron chi connectivity index (χ1n) is 5.17. The van der Waals surface area contributed by atoms with Gasteiger partial charge in [-0.2, -0.15) is 0 Å². The SMILES string of the molecule is [N-]=[N+]=Nc1ccc(C(=O)Nc2ncc([N+](=O)[O-])s2)cc1. The van der Waals surface area contributed by atoms with Gasteiger partial charge in [-0.1, -0.05) is 17.2 Å². The van der Waals surface area contributed by atoms with Crippen molar-refractivity contribution in [3.05, 3.63) is 56.6 Å². The van der Waals surface area contributed by atoms with Crippen molar-refractivity contribution < 1.29 is 9.72 Å². The third-order valence-corrected chi connectivity index (χ3v) is 3.05. The van der Waals surface area contributed by atoms with E-state index in [1.54, 1.807) is 0 Å². The van der Waals surface area contributed by atoms with Crippen LogP contribution in [-0.4, -0.2) is 15.8 Å². The van der Waals surface area contributed by atoms with E-state index in [4.69, 9.17) is 5.53 Å². The van der Waals surface area contributed by atoms with Crippen molar-refractivity contribution in [1.29, 1.82) is 0 Å². The quantitative estimate of drug-likeness (QED) is 0.304. The Morgan fingerprint density at radius 3 is 2.70 bits per heavy atom. The molecule has 0 aliphatic rings. The minimum Gasteiger partial charge on any atom is -0.298 e. The number of amides is 1. The molecule has 0 atom stereocenters. The highest BCUT2D eigenvalue weighted by Gasteiger charge is 2.14. The lowest BCUT2D eigenvalue weighted by atomic mass is 10.2. The van der Waals surface area contributed by atoms with Crippen LogP contribution in [0.5, 0.6) is 0 Å². The van der Waals surface area contributed by atoms with Gasteiger partial charge >= 0.3 is 5.00 Å². The Kier molecular flexibility index (Phi) is 3.89. The summed E-state index contributed by atoms with van der Waals surface area (Å²) in [5.74, 6) is -0.457. The number of nitrogens with zero attached hydrogens (tertiary/aromatic N) is 5. The zero-order valence-electron chi connectivity index (χ0n) is 9.76. The highest BCUT2D eigenvalue weighted by molar-refractivity contribution is 7.18. The maximum Gasteiger partial charge on any atom is 0.345 e. The molecule has 2 rings (SSSR count). The van der Waals surface area contributed by atoms with Gasteiger partial charge in [0.1, 0.15) is 6.20 Å². The molecule has 0 saturated heterocycles. The number of hydrogen-bond acceptors (Lipinski definition) is 6. The second-order valence-corrected chi connectivity index (χ2v) is 4.46. The maximum atomic E-state index is 11.8. The van der Waals surface area contributed by atoms with Crippen LogP contribution in [0.4, 0.5) is 15.8 Å². The Labute approximate surface area is 115 Å². The van der Waals surface area contributed by atoms with Crippen molar-refractivity contribution >= 4 is 33.1 Å². The fraction of sp³-hybridized carbons (Fsp3) is 0. The van der Waals surface area contributed by atoms with Crippen LogP contribution < -0.4 is 5.32 Å². The molecule has 0 aliphatic heterocycles. The van der Waals surface area contributed by atoms with E-state index in [0.717, 1.165) is 17.5 Å². The average Bonchev–Trinajstić information content (AvgIpc) is 2.88. The van der Waals surface area contributed by atoms with E-state index in [1.807, 2.05) is 0 Å². The van der Waals surface area contributed by atoms with Gasteiger partial charge in [-0.25, -0.2) is 4.98 Å². The summed E-state index contributed by atoms with van der Waals surface area (Å²) in [5.41, 5.74) is 8.96. The Morgan fingerprint density at radius 1 is 1.45 bits per heavy atom. The third kappa shape index (κ3) is 3.07. The summed E-state index contributed by atoms with van der Waals surface area (Å²) < 4.78 is 0. The number of nitro groups is 1. The molecule has 0 saturated carbocycles. The van der Waals surface area contributed by atoms with Crippen LogP contribution in [0, 0.1) is 10.1 Å². The van der Waals surface area contributed by atoms with E-state index in [1.165, 1.54) is 24.3 Å². The summed E-state index contributed by atoms with van der Waals surface area (Å²) in [7, 11) is 0. The number of carbonyl (C=O) groups is 1. The summed E-state index contributed by atoms with van der Waals surface area (Å²) in [5, 5.41) is 16.3. The lowest BCUT2D eigenvalue weighted by Crippen LogP contribution is -2.11. The minimum atomic E-state index is -0.581. The Bertz CT molecular complexity index is 704. The van der Waals surface area contributed by atoms with Gasteiger partial charge in [-0.3, -0.25) is 20.2 Å². The summed E-state index contributed by atoms with van der Waals surface area (Å²) in [6.45, 7) is 0. The molecule has 1 heterocycles. The molecule has 10 heteroatoms. The van der Waals surface area contributed by atoms with Crippen LogP contribution in [-0.2, 0) is 0 Å². The van der Waals surface area contributed by atoms with Crippen molar-refractivity contribution in [2.24, 2.45) is 5.11 Å². The van der Waals surface area contributed by atoms with Crippen molar-refractivity contribution in [2.75, 3.05) is 5.32 Å². The number of anilines is 1. The van der Waals surface area contributed by atoms with E-state index in [-0.39, 0.29) is 10.1 Å². The first-order chi connectivity index (χ1) is 9.60. The lowest BCUT2D eigenvalue weighted by Gasteiger charge is -2.01. The highest BCUT2D eigenvalue weighted by Crippen LogP contribution is 2.25. The van der Waals surface area contributed by atoms with Crippen molar-refractivity contribution in [2.45, 2.75) is 0 Å². The zero-order valence-corrected chi connectivity index (χ0v) is 10.6. The second kappa shape index (κ2) is 5.78. The van der Waals surface area contributed by atoms with E-state index in [9.17, 15) is 14.9 Å². The van der Waals surface area contributed by atoms with Crippen LogP contribution in [0.2, 0.25) is 0 Å². The van der Waals surface area contributed by atoms with E-state index >= 15 is 0 Å². The largest absolute Gasteiger partial charge is 0.345 e. The summed E-state index contributed by atoms with van der Waals surface area (Å²) >= 11 is 0.767. The minimum absolute atomic E-state index is 0.140. The molecule has 0 spiro atoms. The molecule has 100 valence electrons. The van der Waals surface area contributed by atoms with Gasteiger partial charge < -0.3 is 0 Å². The van der Waals surface area contributed by atoms with Crippen molar-refractivity contribution in [3.63, 3.8) is 0 Å². The molecule has 1 amide bonds. The molecule has 0 bridgehead atoms. The first kappa shape index (κ1) is 13.5. The molecule has 1 aromatic heterocycles. The molecular formula is C10H6N6O3S. The topological polar surface area (TPSA) is 134 Å². The number of thiazole rings is 1. The van der Waals surface area contributed by atoms with Crippen LogP contribution >= 0.6 is 11.3 Å². The lowest BCUT2D eigenvalue weighted by molar-refractivity contribution is -0.380. The Hall–Kier alpha value is -2.97. The molecule has 0 aliphatic carbocycles. The van der Waals surface area contributed by atoms with E-state index < -0.39 is 10.8 Å². The number of aromatic nitrogens is 1. The number of azide groups is 1. The number of rotatable bonds is 4.